The maximum atomic E-state index is 12.5. The second-order valence-corrected chi connectivity index (χ2v) is 3.85. The number of halogens is 6. The molecule has 0 bridgehead atoms. The Morgan fingerprint density at radius 1 is 0.947 bits per heavy atom. The molecule has 0 spiro atoms. The van der Waals surface area contributed by atoms with Gasteiger partial charge in [-0.15, -0.1) is 0 Å². The third kappa shape index (κ3) is 4.11. The first-order valence-electron chi connectivity index (χ1n) is 4.97. The Balaban J connectivity index is 3.45. The summed E-state index contributed by atoms with van der Waals surface area (Å²) in [5.41, 5.74) is -3.13. The molecule has 0 unspecified atom stereocenters. The minimum atomic E-state index is -4.89. The second kappa shape index (κ2) is 5.07. The SMILES string of the molecule is CC(C=O)=Cc1cc(C(F)(F)F)cc(C(F)(F)F)c1. The van der Waals surface area contributed by atoms with E-state index in [0.29, 0.717) is 18.4 Å². The number of benzene rings is 1. The van der Waals surface area contributed by atoms with Gasteiger partial charge in [-0.25, -0.2) is 0 Å². The first-order chi connectivity index (χ1) is 8.54. The van der Waals surface area contributed by atoms with Gasteiger partial charge >= 0.3 is 12.4 Å². The van der Waals surface area contributed by atoms with E-state index in [1.807, 2.05) is 0 Å². The molecule has 0 saturated carbocycles. The number of hydrogen-bond acceptors (Lipinski definition) is 1. The highest BCUT2D eigenvalue weighted by atomic mass is 19.4. The molecule has 0 aliphatic heterocycles. The highest BCUT2D eigenvalue weighted by Gasteiger charge is 2.36. The number of rotatable bonds is 2. The molecular formula is C12H8F6O. The molecule has 0 aliphatic carbocycles. The summed E-state index contributed by atoms with van der Waals surface area (Å²) in [5.74, 6) is 0. The monoisotopic (exact) mass is 282 g/mol. The van der Waals surface area contributed by atoms with Gasteiger partial charge in [0, 0.05) is 0 Å². The molecule has 0 atom stereocenters. The first kappa shape index (κ1) is 15.3. The molecule has 0 aromatic heterocycles. The van der Waals surface area contributed by atoms with Crippen molar-refractivity contribution in [3.05, 3.63) is 40.5 Å². The van der Waals surface area contributed by atoms with Crippen LogP contribution in [0.2, 0.25) is 0 Å². The van der Waals surface area contributed by atoms with Gasteiger partial charge in [-0.1, -0.05) is 0 Å². The first-order valence-corrected chi connectivity index (χ1v) is 4.97. The van der Waals surface area contributed by atoms with Crippen LogP contribution in [-0.4, -0.2) is 6.29 Å². The summed E-state index contributed by atoms with van der Waals surface area (Å²) in [6, 6.07) is 1.15. The van der Waals surface area contributed by atoms with Gasteiger partial charge in [0.15, 0.2) is 0 Å². The largest absolute Gasteiger partial charge is 0.416 e. The van der Waals surface area contributed by atoms with E-state index in [0.717, 1.165) is 6.08 Å². The molecule has 0 radical (unpaired) electrons. The normalized spacial score (nSPS) is 13.5. The molecule has 0 N–H and O–H groups in total. The molecular weight excluding hydrogens is 274 g/mol. The van der Waals surface area contributed by atoms with E-state index in [1.54, 1.807) is 0 Å². The van der Waals surface area contributed by atoms with Gasteiger partial charge in [0.1, 0.15) is 6.29 Å². The minimum Gasteiger partial charge on any atom is -0.298 e. The predicted molar refractivity (Wildman–Crippen MR) is 56.2 cm³/mol. The van der Waals surface area contributed by atoms with E-state index >= 15 is 0 Å². The van der Waals surface area contributed by atoms with Crippen LogP contribution in [0.5, 0.6) is 0 Å². The van der Waals surface area contributed by atoms with Gasteiger partial charge in [0.2, 0.25) is 0 Å². The highest BCUT2D eigenvalue weighted by molar-refractivity contribution is 5.80. The summed E-state index contributed by atoms with van der Waals surface area (Å²) in [5, 5.41) is 0. The van der Waals surface area contributed by atoms with E-state index in [4.69, 9.17) is 0 Å². The van der Waals surface area contributed by atoms with Crippen molar-refractivity contribution < 1.29 is 31.1 Å². The van der Waals surface area contributed by atoms with Crippen LogP contribution < -0.4 is 0 Å². The van der Waals surface area contributed by atoms with Crippen LogP contribution in [0, 0.1) is 0 Å². The number of aldehydes is 1. The quantitative estimate of drug-likeness (QED) is 0.448. The lowest BCUT2D eigenvalue weighted by Crippen LogP contribution is -2.11. The van der Waals surface area contributed by atoms with Gasteiger partial charge in [-0.05, 0) is 42.3 Å². The standard InChI is InChI=1S/C12H8F6O/c1-7(6-19)2-8-3-9(11(13,14)15)5-10(4-8)12(16,17)18/h2-6H,1H3. The Morgan fingerprint density at radius 2 is 1.37 bits per heavy atom. The molecule has 0 amide bonds. The zero-order valence-electron chi connectivity index (χ0n) is 9.56. The molecule has 1 aromatic carbocycles. The number of hydrogen-bond donors (Lipinski definition) is 0. The summed E-state index contributed by atoms with van der Waals surface area (Å²) in [7, 11) is 0. The zero-order chi connectivity index (χ0) is 14.8. The molecule has 1 nitrogen and oxygen atoms in total. The lowest BCUT2D eigenvalue weighted by Gasteiger charge is -2.13. The van der Waals surface area contributed by atoms with E-state index in [-0.39, 0.29) is 17.2 Å². The van der Waals surface area contributed by atoms with Crippen molar-refractivity contribution >= 4 is 12.4 Å². The molecule has 0 heterocycles. The Labute approximate surface area is 104 Å². The van der Waals surface area contributed by atoms with Crippen molar-refractivity contribution in [3.8, 4) is 0 Å². The average Bonchev–Trinajstić information content (AvgIpc) is 2.26. The Kier molecular flexibility index (Phi) is 4.07. The fraction of sp³-hybridized carbons (Fsp3) is 0.250. The summed E-state index contributed by atoms with van der Waals surface area (Å²) >= 11 is 0. The molecule has 0 saturated heterocycles. The molecule has 19 heavy (non-hydrogen) atoms. The summed E-state index contributed by atoms with van der Waals surface area (Å²) in [6.07, 6.45) is -8.48. The minimum absolute atomic E-state index is 0.0208. The average molecular weight is 282 g/mol. The fourth-order valence-electron chi connectivity index (χ4n) is 1.36. The van der Waals surface area contributed by atoms with Gasteiger partial charge in [0.05, 0.1) is 11.1 Å². The van der Waals surface area contributed by atoms with Crippen LogP contribution in [0.25, 0.3) is 6.08 Å². The van der Waals surface area contributed by atoms with E-state index in [9.17, 15) is 31.1 Å². The third-order valence-corrected chi connectivity index (χ3v) is 2.19. The van der Waals surface area contributed by atoms with Gasteiger partial charge < -0.3 is 0 Å². The number of carbonyl (C=O) groups excluding carboxylic acids is 1. The van der Waals surface area contributed by atoms with Gasteiger partial charge in [-0.2, -0.15) is 26.3 Å². The predicted octanol–water partition coefficient (Wildman–Crippen LogP) is 4.33. The molecule has 0 fully saturated rings. The number of carbonyl (C=O) groups is 1. The van der Waals surface area contributed by atoms with Gasteiger partial charge in [0.25, 0.3) is 0 Å². The van der Waals surface area contributed by atoms with Crippen molar-refractivity contribution in [3.63, 3.8) is 0 Å². The maximum Gasteiger partial charge on any atom is 0.416 e. The second-order valence-electron chi connectivity index (χ2n) is 3.85. The summed E-state index contributed by atoms with van der Waals surface area (Å²) in [6.45, 7) is 1.28. The lowest BCUT2D eigenvalue weighted by atomic mass is 10.0. The van der Waals surface area contributed by atoms with E-state index < -0.39 is 23.5 Å². The Morgan fingerprint density at radius 3 is 1.68 bits per heavy atom. The number of allylic oxidation sites excluding steroid dienone is 1. The zero-order valence-corrected chi connectivity index (χ0v) is 9.56. The van der Waals surface area contributed by atoms with Gasteiger partial charge in [-0.3, -0.25) is 4.79 Å². The van der Waals surface area contributed by atoms with Crippen LogP contribution in [-0.2, 0) is 17.1 Å². The lowest BCUT2D eigenvalue weighted by molar-refractivity contribution is -0.143. The maximum absolute atomic E-state index is 12.5. The smallest absolute Gasteiger partial charge is 0.298 e. The Bertz CT molecular complexity index is 478. The molecule has 1 rings (SSSR count). The fourth-order valence-corrected chi connectivity index (χ4v) is 1.36. The van der Waals surface area contributed by atoms with Crippen molar-refractivity contribution in [2.24, 2.45) is 0 Å². The molecule has 0 aliphatic rings. The van der Waals surface area contributed by atoms with E-state index in [1.165, 1.54) is 6.92 Å². The highest BCUT2D eigenvalue weighted by Crippen LogP contribution is 2.36. The van der Waals surface area contributed by atoms with Crippen molar-refractivity contribution in [2.45, 2.75) is 19.3 Å². The molecule has 7 heteroatoms. The number of alkyl halides is 6. The topological polar surface area (TPSA) is 17.1 Å². The van der Waals surface area contributed by atoms with Crippen LogP contribution in [0.15, 0.2) is 23.8 Å². The molecule has 1 aromatic rings. The molecule has 104 valence electrons. The summed E-state index contributed by atoms with van der Waals surface area (Å²) < 4.78 is 75.0. The third-order valence-electron chi connectivity index (χ3n) is 2.19. The van der Waals surface area contributed by atoms with Crippen molar-refractivity contribution in [1.82, 2.24) is 0 Å². The van der Waals surface area contributed by atoms with E-state index in [2.05, 4.69) is 0 Å². The van der Waals surface area contributed by atoms with Crippen LogP contribution in [0.1, 0.15) is 23.6 Å². The van der Waals surface area contributed by atoms with Crippen LogP contribution >= 0.6 is 0 Å². The van der Waals surface area contributed by atoms with Crippen LogP contribution in [0.3, 0.4) is 0 Å². The van der Waals surface area contributed by atoms with Crippen molar-refractivity contribution in [1.29, 1.82) is 0 Å². The summed E-state index contributed by atoms with van der Waals surface area (Å²) in [4.78, 5) is 10.4. The van der Waals surface area contributed by atoms with Crippen LogP contribution in [0.4, 0.5) is 26.3 Å². The van der Waals surface area contributed by atoms with Crippen molar-refractivity contribution in [2.75, 3.05) is 0 Å². The Hall–Kier alpha value is -1.79.